The molecular formula is C13H14N4O. The Balaban J connectivity index is 2.19. The SMILES string of the molecule is CCNc1ncccc1C(=O)Nc1cccnc1. The van der Waals surface area contributed by atoms with Gasteiger partial charge in [-0.15, -0.1) is 0 Å². The molecule has 1 amide bonds. The second kappa shape index (κ2) is 5.77. The Morgan fingerprint density at radius 1 is 1.28 bits per heavy atom. The second-order valence-electron chi connectivity index (χ2n) is 3.63. The molecule has 0 aliphatic carbocycles. The normalized spacial score (nSPS) is 9.83. The Morgan fingerprint density at radius 2 is 2.11 bits per heavy atom. The van der Waals surface area contributed by atoms with Crippen LogP contribution >= 0.6 is 0 Å². The third-order valence-electron chi connectivity index (χ3n) is 2.32. The summed E-state index contributed by atoms with van der Waals surface area (Å²) in [6.07, 6.45) is 4.91. The van der Waals surface area contributed by atoms with Crippen LogP contribution in [-0.2, 0) is 0 Å². The first kappa shape index (κ1) is 12.0. The van der Waals surface area contributed by atoms with Crippen molar-refractivity contribution in [1.29, 1.82) is 0 Å². The highest BCUT2D eigenvalue weighted by Gasteiger charge is 2.11. The van der Waals surface area contributed by atoms with E-state index < -0.39 is 0 Å². The van der Waals surface area contributed by atoms with Crippen LogP contribution in [0.25, 0.3) is 0 Å². The molecule has 0 saturated heterocycles. The van der Waals surface area contributed by atoms with Crippen LogP contribution < -0.4 is 10.6 Å². The molecule has 0 radical (unpaired) electrons. The molecule has 0 atom stereocenters. The van der Waals surface area contributed by atoms with E-state index in [0.717, 1.165) is 0 Å². The molecule has 0 aliphatic rings. The highest BCUT2D eigenvalue weighted by Crippen LogP contribution is 2.13. The van der Waals surface area contributed by atoms with Crippen LogP contribution in [0.5, 0.6) is 0 Å². The Hall–Kier alpha value is -2.43. The molecule has 2 aromatic rings. The average molecular weight is 242 g/mol. The van der Waals surface area contributed by atoms with Crippen LogP contribution in [0.4, 0.5) is 11.5 Å². The summed E-state index contributed by atoms with van der Waals surface area (Å²) < 4.78 is 0. The van der Waals surface area contributed by atoms with Gasteiger partial charge in [0.15, 0.2) is 0 Å². The van der Waals surface area contributed by atoms with Gasteiger partial charge in [0.05, 0.1) is 17.4 Å². The summed E-state index contributed by atoms with van der Waals surface area (Å²) in [6, 6.07) is 7.02. The van der Waals surface area contributed by atoms with Gasteiger partial charge in [-0.05, 0) is 31.2 Å². The highest BCUT2D eigenvalue weighted by atomic mass is 16.1. The molecular weight excluding hydrogens is 228 g/mol. The van der Waals surface area contributed by atoms with Crippen molar-refractivity contribution in [2.24, 2.45) is 0 Å². The topological polar surface area (TPSA) is 66.9 Å². The fourth-order valence-corrected chi connectivity index (χ4v) is 1.53. The minimum Gasteiger partial charge on any atom is -0.370 e. The standard InChI is InChI=1S/C13H14N4O/c1-2-15-12-11(6-4-8-16-12)13(18)17-10-5-3-7-14-9-10/h3-9H,2H2,1H3,(H,15,16)(H,17,18). The molecule has 0 saturated carbocycles. The highest BCUT2D eigenvalue weighted by molar-refractivity contribution is 6.07. The molecule has 0 aliphatic heterocycles. The lowest BCUT2D eigenvalue weighted by Gasteiger charge is -2.09. The zero-order chi connectivity index (χ0) is 12.8. The van der Waals surface area contributed by atoms with Gasteiger partial charge in [-0.25, -0.2) is 4.98 Å². The number of hydrogen-bond acceptors (Lipinski definition) is 4. The first-order valence-electron chi connectivity index (χ1n) is 5.71. The van der Waals surface area contributed by atoms with E-state index in [1.54, 1.807) is 42.9 Å². The Bertz CT molecular complexity index is 528. The predicted molar refractivity (Wildman–Crippen MR) is 70.6 cm³/mol. The first-order chi connectivity index (χ1) is 8.81. The average Bonchev–Trinajstić information content (AvgIpc) is 2.41. The Morgan fingerprint density at radius 3 is 2.83 bits per heavy atom. The van der Waals surface area contributed by atoms with E-state index in [0.29, 0.717) is 23.6 Å². The molecule has 2 rings (SSSR count). The number of nitrogens with zero attached hydrogens (tertiary/aromatic N) is 2. The molecule has 18 heavy (non-hydrogen) atoms. The summed E-state index contributed by atoms with van der Waals surface area (Å²) in [7, 11) is 0. The lowest BCUT2D eigenvalue weighted by molar-refractivity contribution is 0.102. The van der Waals surface area contributed by atoms with Crippen LogP contribution in [0.15, 0.2) is 42.9 Å². The summed E-state index contributed by atoms with van der Waals surface area (Å²) in [5, 5.41) is 5.83. The molecule has 92 valence electrons. The third kappa shape index (κ3) is 2.82. The van der Waals surface area contributed by atoms with Crippen molar-refractivity contribution in [2.75, 3.05) is 17.2 Å². The van der Waals surface area contributed by atoms with Crippen LogP contribution in [0.3, 0.4) is 0 Å². The summed E-state index contributed by atoms with van der Waals surface area (Å²) in [6.45, 7) is 2.67. The minimum atomic E-state index is -0.202. The zero-order valence-corrected chi connectivity index (χ0v) is 10.1. The maximum absolute atomic E-state index is 12.1. The van der Waals surface area contributed by atoms with E-state index in [1.807, 2.05) is 6.92 Å². The van der Waals surface area contributed by atoms with Crippen molar-refractivity contribution in [3.63, 3.8) is 0 Å². The van der Waals surface area contributed by atoms with Crippen molar-refractivity contribution >= 4 is 17.4 Å². The molecule has 2 N–H and O–H groups in total. The minimum absolute atomic E-state index is 0.202. The quantitative estimate of drug-likeness (QED) is 0.862. The maximum Gasteiger partial charge on any atom is 0.259 e. The van der Waals surface area contributed by atoms with Gasteiger partial charge >= 0.3 is 0 Å². The van der Waals surface area contributed by atoms with Gasteiger partial charge in [0.25, 0.3) is 5.91 Å². The molecule has 5 nitrogen and oxygen atoms in total. The van der Waals surface area contributed by atoms with Crippen molar-refractivity contribution < 1.29 is 4.79 Å². The van der Waals surface area contributed by atoms with Crippen molar-refractivity contribution in [2.45, 2.75) is 6.92 Å². The summed E-state index contributed by atoms with van der Waals surface area (Å²) >= 11 is 0. The van der Waals surface area contributed by atoms with Crippen LogP contribution in [0, 0.1) is 0 Å². The third-order valence-corrected chi connectivity index (χ3v) is 2.32. The number of aromatic nitrogens is 2. The molecule has 2 heterocycles. The Kier molecular flexibility index (Phi) is 3.86. The van der Waals surface area contributed by atoms with Gasteiger partial charge in [-0.3, -0.25) is 9.78 Å². The molecule has 0 fully saturated rings. The molecule has 0 unspecified atom stereocenters. The van der Waals surface area contributed by atoms with Gasteiger partial charge < -0.3 is 10.6 Å². The number of rotatable bonds is 4. The van der Waals surface area contributed by atoms with Crippen LogP contribution in [0.1, 0.15) is 17.3 Å². The zero-order valence-electron chi connectivity index (χ0n) is 10.1. The first-order valence-corrected chi connectivity index (χ1v) is 5.71. The smallest absolute Gasteiger partial charge is 0.259 e. The molecule has 0 aromatic carbocycles. The van der Waals surface area contributed by atoms with Gasteiger partial charge in [-0.2, -0.15) is 0 Å². The molecule has 0 bridgehead atoms. The maximum atomic E-state index is 12.1. The molecule has 2 aromatic heterocycles. The number of carbonyl (C=O) groups excluding carboxylic acids is 1. The van der Waals surface area contributed by atoms with Gasteiger partial charge in [-0.1, -0.05) is 0 Å². The summed E-state index contributed by atoms with van der Waals surface area (Å²) in [5.74, 6) is 0.383. The lowest BCUT2D eigenvalue weighted by Crippen LogP contribution is -2.15. The van der Waals surface area contributed by atoms with Crippen molar-refractivity contribution in [3.05, 3.63) is 48.4 Å². The largest absolute Gasteiger partial charge is 0.370 e. The fourth-order valence-electron chi connectivity index (χ4n) is 1.53. The van der Waals surface area contributed by atoms with E-state index >= 15 is 0 Å². The predicted octanol–water partition coefficient (Wildman–Crippen LogP) is 2.16. The van der Waals surface area contributed by atoms with Gasteiger partial charge in [0, 0.05) is 18.9 Å². The molecule has 5 heteroatoms. The lowest BCUT2D eigenvalue weighted by atomic mass is 10.2. The van der Waals surface area contributed by atoms with Crippen LogP contribution in [0.2, 0.25) is 0 Å². The second-order valence-corrected chi connectivity index (χ2v) is 3.63. The Labute approximate surface area is 105 Å². The number of pyridine rings is 2. The fraction of sp³-hybridized carbons (Fsp3) is 0.154. The van der Waals surface area contributed by atoms with Gasteiger partial charge in [0.1, 0.15) is 5.82 Å². The number of amides is 1. The number of nitrogens with one attached hydrogen (secondary N) is 2. The van der Waals surface area contributed by atoms with Crippen molar-refractivity contribution in [1.82, 2.24) is 9.97 Å². The summed E-state index contributed by atoms with van der Waals surface area (Å²) in [4.78, 5) is 20.2. The van der Waals surface area contributed by atoms with E-state index in [9.17, 15) is 4.79 Å². The summed E-state index contributed by atoms with van der Waals surface area (Å²) in [5.41, 5.74) is 1.18. The van der Waals surface area contributed by atoms with E-state index in [4.69, 9.17) is 0 Å². The van der Waals surface area contributed by atoms with E-state index in [1.165, 1.54) is 0 Å². The molecule has 0 spiro atoms. The van der Waals surface area contributed by atoms with E-state index in [-0.39, 0.29) is 5.91 Å². The van der Waals surface area contributed by atoms with Crippen molar-refractivity contribution in [3.8, 4) is 0 Å². The van der Waals surface area contributed by atoms with Gasteiger partial charge in [0.2, 0.25) is 0 Å². The van der Waals surface area contributed by atoms with Crippen LogP contribution in [-0.4, -0.2) is 22.4 Å². The van der Waals surface area contributed by atoms with E-state index in [2.05, 4.69) is 20.6 Å². The number of carbonyl (C=O) groups is 1. The number of anilines is 2. The number of hydrogen-bond donors (Lipinski definition) is 2. The monoisotopic (exact) mass is 242 g/mol.